The van der Waals surface area contributed by atoms with Gasteiger partial charge in [-0.25, -0.2) is 0 Å². The number of aromatic amines is 1. The Morgan fingerprint density at radius 1 is 0.935 bits per heavy atom. The summed E-state index contributed by atoms with van der Waals surface area (Å²) < 4.78 is 0. The molecule has 2 N–H and O–H groups in total. The number of nitrogens with one attached hydrogen (secondary N) is 1. The first-order chi connectivity index (χ1) is 15.1. The Labute approximate surface area is 181 Å². The average Bonchev–Trinajstić information content (AvgIpc) is 3.11. The van der Waals surface area contributed by atoms with Gasteiger partial charge >= 0.3 is 5.97 Å². The number of para-hydroxylation sites is 1. The van der Waals surface area contributed by atoms with Gasteiger partial charge in [-0.2, -0.15) is 0 Å². The summed E-state index contributed by atoms with van der Waals surface area (Å²) in [4.78, 5) is 20.2. The van der Waals surface area contributed by atoms with Gasteiger partial charge in [-0.15, -0.1) is 0 Å². The summed E-state index contributed by atoms with van der Waals surface area (Å²) in [5, 5.41) is 13.7. The molecule has 1 aliphatic rings. The second-order valence-corrected chi connectivity index (χ2v) is 8.40. The molecule has 3 aromatic carbocycles. The fraction of sp³-hybridized carbons (Fsp3) is 0.269. The quantitative estimate of drug-likeness (QED) is 0.503. The number of aromatic nitrogens is 1. The topological polar surface area (TPSA) is 59.6 Å². The number of rotatable bonds is 5. The molecule has 2 heterocycles. The SMILES string of the molecule is Cc1[nH]c2ccccc2c1C(C(=O)O)N1CCN(Cc2cccc3ccccc23)CC1. The Kier molecular flexibility index (Phi) is 5.22. The van der Waals surface area contributed by atoms with Gasteiger partial charge in [0.2, 0.25) is 0 Å². The molecule has 0 bridgehead atoms. The minimum Gasteiger partial charge on any atom is -0.480 e. The van der Waals surface area contributed by atoms with E-state index >= 15 is 0 Å². The van der Waals surface area contributed by atoms with Crippen molar-refractivity contribution in [3.8, 4) is 0 Å². The van der Waals surface area contributed by atoms with Crippen LogP contribution in [0.15, 0.2) is 66.7 Å². The average molecular weight is 414 g/mol. The van der Waals surface area contributed by atoms with Gasteiger partial charge in [0.25, 0.3) is 0 Å². The Morgan fingerprint density at radius 3 is 2.39 bits per heavy atom. The highest BCUT2D eigenvalue weighted by Crippen LogP contribution is 2.32. The Bertz CT molecular complexity index is 1230. The monoisotopic (exact) mass is 413 g/mol. The lowest BCUT2D eigenvalue weighted by molar-refractivity contribution is -0.144. The fourth-order valence-electron chi connectivity index (χ4n) is 4.96. The van der Waals surface area contributed by atoms with Gasteiger partial charge in [0, 0.05) is 54.9 Å². The number of carbonyl (C=O) groups is 1. The van der Waals surface area contributed by atoms with E-state index in [1.807, 2.05) is 31.2 Å². The van der Waals surface area contributed by atoms with E-state index < -0.39 is 12.0 Å². The summed E-state index contributed by atoms with van der Waals surface area (Å²) in [6.45, 7) is 6.05. The number of carboxylic acids is 1. The van der Waals surface area contributed by atoms with Crippen molar-refractivity contribution in [2.45, 2.75) is 19.5 Å². The van der Waals surface area contributed by atoms with Crippen LogP contribution in [0.1, 0.15) is 22.9 Å². The molecule has 0 radical (unpaired) electrons. The number of hydrogen-bond donors (Lipinski definition) is 2. The summed E-state index contributed by atoms with van der Waals surface area (Å²) in [5.74, 6) is -0.782. The highest BCUT2D eigenvalue weighted by Gasteiger charge is 2.33. The molecule has 5 heteroatoms. The van der Waals surface area contributed by atoms with E-state index in [4.69, 9.17) is 0 Å². The van der Waals surface area contributed by atoms with Crippen LogP contribution >= 0.6 is 0 Å². The first-order valence-corrected chi connectivity index (χ1v) is 10.8. The van der Waals surface area contributed by atoms with Crippen molar-refractivity contribution in [1.29, 1.82) is 0 Å². The molecule has 1 atom stereocenters. The summed E-state index contributed by atoms with van der Waals surface area (Å²) in [6, 6.07) is 22.3. The predicted molar refractivity (Wildman–Crippen MR) is 124 cm³/mol. The number of fused-ring (bicyclic) bond motifs is 2. The number of hydrogen-bond acceptors (Lipinski definition) is 3. The third-order valence-electron chi connectivity index (χ3n) is 6.50. The Morgan fingerprint density at radius 2 is 1.61 bits per heavy atom. The van der Waals surface area contributed by atoms with Gasteiger partial charge in [-0.1, -0.05) is 60.7 Å². The van der Waals surface area contributed by atoms with E-state index in [-0.39, 0.29) is 0 Å². The van der Waals surface area contributed by atoms with Crippen molar-refractivity contribution in [1.82, 2.24) is 14.8 Å². The van der Waals surface area contributed by atoms with Crippen LogP contribution in [0.25, 0.3) is 21.7 Å². The molecule has 0 saturated carbocycles. The number of benzene rings is 3. The van der Waals surface area contributed by atoms with Gasteiger partial charge in [-0.3, -0.25) is 14.6 Å². The lowest BCUT2D eigenvalue weighted by Gasteiger charge is -2.38. The van der Waals surface area contributed by atoms with Gasteiger partial charge in [0.15, 0.2) is 0 Å². The zero-order chi connectivity index (χ0) is 21.4. The van der Waals surface area contributed by atoms with Crippen LogP contribution in [-0.2, 0) is 11.3 Å². The molecule has 1 saturated heterocycles. The van der Waals surface area contributed by atoms with Gasteiger partial charge < -0.3 is 10.1 Å². The molecule has 1 unspecified atom stereocenters. The first-order valence-electron chi connectivity index (χ1n) is 10.8. The summed E-state index contributed by atoms with van der Waals surface area (Å²) in [6.07, 6.45) is 0. The van der Waals surface area contributed by atoms with Crippen molar-refractivity contribution in [2.24, 2.45) is 0 Å². The van der Waals surface area contributed by atoms with Gasteiger partial charge in [0.05, 0.1) is 0 Å². The molecule has 31 heavy (non-hydrogen) atoms. The highest BCUT2D eigenvalue weighted by molar-refractivity contribution is 5.90. The maximum Gasteiger partial charge on any atom is 0.325 e. The minimum absolute atomic E-state index is 0.629. The molecule has 0 amide bonds. The number of piperazine rings is 1. The molecule has 1 fully saturated rings. The maximum atomic E-state index is 12.3. The minimum atomic E-state index is -0.782. The van der Waals surface area contributed by atoms with Crippen LogP contribution in [-0.4, -0.2) is 52.0 Å². The predicted octanol–water partition coefficient (Wildman–Crippen LogP) is 4.57. The van der Waals surface area contributed by atoms with E-state index in [0.717, 1.165) is 54.9 Å². The molecule has 0 aliphatic carbocycles. The van der Waals surface area contributed by atoms with Crippen LogP contribution in [0.3, 0.4) is 0 Å². The van der Waals surface area contributed by atoms with Gasteiger partial charge in [0.1, 0.15) is 6.04 Å². The van der Waals surface area contributed by atoms with Crippen molar-refractivity contribution < 1.29 is 9.90 Å². The van der Waals surface area contributed by atoms with E-state index in [2.05, 4.69) is 57.2 Å². The van der Waals surface area contributed by atoms with Crippen molar-refractivity contribution >= 4 is 27.6 Å². The highest BCUT2D eigenvalue weighted by atomic mass is 16.4. The summed E-state index contributed by atoms with van der Waals surface area (Å²) in [5.41, 5.74) is 4.15. The van der Waals surface area contributed by atoms with Crippen molar-refractivity contribution in [3.63, 3.8) is 0 Å². The standard InChI is InChI=1S/C26H27N3O2/c1-18-24(22-11-4-5-12-23(22)27-18)25(26(30)31)29-15-13-28(14-16-29)17-20-9-6-8-19-7-2-3-10-21(19)20/h2-12,25,27H,13-17H2,1H3,(H,30,31). The molecule has 1 aromatic heterocycles. The first kappa shape index (κ1) is 19.8. The lowest BCUT2D eigenvalue weighted by atomic mass is 10.0. The lowest BCUT2D eigenvalue weighted by Crippen LogP contribution is -2.49. The zero-order valence-electron chi connectivity index (χ0n) is 17.7. The molecule has 5 nitrogen and oxygen atoms in total. The van der Waals surface area contributed by atoms with Crippen LogP contribution < -0.4 is 0 Å². The van der Waals surface area contributed by atoms with Crippen LogP contribution in [0.5, 0.6) is 0 Å². The number of aryl methyl sites for hydroxylation is 1. The molecule has 158 valence electrons. The number of carboxylic acid groups (broad SMARTS) is 1. The summed E-state index contributed by atoms with van der Waals surface area (Å²) in [7, 11) is 0. The second-order valence-electron chi connectivity index (χ2n) is 8.40. The normalized spacial score (nSPS) is 16.7. The molecule has 1 aliphatic heterocycles. The molecule has 4 aromatic rings. The van der Waals surface area contributed by atoms with E-state index in [1.54, 1.807) is 0 Å². The van der Waals surface area contributed by atoms with Crippen molar-refractivity contribution in [2.75, 3.05) is 26.2 Å². The number of H-pyrrole nitrogens is 1. The van der Waals surface area contributed by atoms with E-state index in [0.29, 0.717) is 0 Å². The Hall–Kier alpha value is -3.15. The maximum absolute atomic E-state index is 12.3. The third kappa shape index (κ3) is 3.71. The fourth-order valence-corrected chi connectivity index (χ4v) is 4.96. The number of nitrogens with zero attached hydrogens (tertiary/aromatic N) is 2. The van der Waals surface area contributed by atoms with Crippen molar-refractivity contribution in [3.05, 3.63) is 83.6 Å². The number of aliphatic carboxylic acids is 1. The summed E-state index contributed by atoms with van der Waals surface area (Å²) >= 11 is 0. The largest absolute Gasteiger partial charge is 0.480 e. The zero-order valence-corrected chi connectivity index (χ0v) is 17.7. The van der Waals surface area contributed by atoms with Crippen LogP contribution in [0.4, 0.5) is 0 Å². The van der Waals surface area contributed by atoms with E-state index in [1.165, 1.54) is 16.3 Å². The van der Waals surface area contributed by atoms with Crippen LogP contribution in [0, 0.1) is 6.92 Å². The third-order valence-corrected chi connectivity index (χ3v) is 6.50. The molecular weight excluding hydrogens is 386 g/mol. The van der Waals surface area contributed by atoms with Crippen LogP contribution in [0.2, 0.25) is 0 Å². The van der Waals surface area contributed by atoms with E-state index in [9.17, 15) is 9.90 Å². The second kappa shape index (κ2) is 8.17. The molecule has 5 rings (SSSR count). The molecular formula is C26H27N3O2. The smallest absolute Gasteiger partial charge is 0.325 e. The van der Waals surface area contributed by atoms with Gasteiger partial charge in [-0.05, 0) is 29.3 Å². The Balaban J connectivity index is 1.35. The molecule has 0 spiro atoms.